The Labute approximate surface area is 157 Å². The monoisotopic (exact) mass is 378 g/mol. The molecule has 4 atom stereocenters. The maximum atomic E-state index is 11.6. The SMILES string of the molecule is CCCCCCCCCCCCC(=O)OC[C@H](O)[C@H](O)[C@@H](O)[C@@H](O)CO. The van der Waals surface area contributed by atoms with Gasteiger partial charge in [-0.05, 0) is 6.42 Å². The van der Waals surface area contributed by atoms with E-state index in [1.54, 1.807) is 0 Å². The number of carbonyl (C=O) groups excluding carboxylic acids is 1. The summed E-state index contributed by atoms with van der Waals surface area (Å²) in [5.41, 5.74) is 0. The fraction of sp³-hybridized carbons (Fsp3) is 0.947. The Kier molecular flexibility index (Phi) is 16.0. The Balaban J connectivity index is 3.62. The zero-order chi connectivity index (χ0) is 19.8. The van der Waals surface area contributed by atoms with E-state index in [4.69, 9.17) is 9.84 Å². The highest BCUT2D eigenvalue weighted by atomic mass is 16.5. The molecule has 7 heteroatoms. The average Bonchev–Trinajstić information content (AvgIpc) is 2.65. The molecule has 0 aliphatic carbocycles. The lowest BCUT2D eigenvalue weighted by atomic mass is 10.0. The van der Waals surface area contributed by atoms with Gasteiger partial charge in [-0.25, -0.2) is 0 Å². The van der Waals surface area contributed by atoms with Crippen LogP contribution in [-0.4, -0.2) is 69.1 Å². The van der Waals surface area contributed by atoms with Crippen molar-refractivity contribution < 1.29 is 35.1 Å². The Morgan fingerprint density at radius 1 is 0.769 bits per heavy atom. The molecule has 7 nitrogen and oxygen atoms in total. The molecule has 5 N–H and O–H groups in total. The number of rotatable bonds is 17. The third kappa shape index (κ3) is 12.6. The average molecular weight is 379 g/mol. The van der Waals surface area contributed by atoms with E-state index in [1.165, 1.54) is 44.9 Å². The standard InChI is InChI=1S/C19H38O7/c1-2-3-4-5-6-7-8-9-10-11-12-17(23)26-14-16(22)19(25)18(24)15(21)13-20/h15-16,18-22,24-25H,2-14H2,1H3/t15-,16-,18-,19-/m0/s1. The smallest absolute Gasteiger partial charge is 0.305 e. The molecular formula is C19H38O7. The van der Waals surface area contributed by atoms with Crippen LogP contribution in [0.15, 0.2) is 0 Å². The van der Waals surface area contributed by atoms with Gasteiger partial charge in [0.25, 0.3) is 0 Å². The second-order valence-corrected chi connectivity index (χ2v) is 6.91. The van der Waals surface area contributed by atoms with Crippen molar-refractivity contribution in [3.05, 3.63) is 0 Å². The van der Waals surface area contributed by atoms with E-state index in [-0.39, 0.29) is 6.42 Å². The molecule has 0 rings (SSSR count). The van der Waals surface area contributed by atoms with Crippen molar-refractivity contribution in [1.29, 1.82) is 0 Å². The second-order valence-electron chi connectivity index (χ2n) is 6.91. The predicted octanol–water partition coefficient (Wildman–Crippen LogP) is 1.28. The lowest BCUT2D eigenvalue weighted by molar-refractivity contribution is -0.156. The topological polar surface area (TPSA) is 127 Å². The van der Waals surface area contributed by atoms with E-state index in [2.05, 4.69) is 6.92 Å². The quantitative estimate of drug-likeness (QED) is 0.190. The zero-order valence-electron chi connectivity index (χ0n) is 16.1. The third-order valence-corrected chi connectivity index (χ3v) is 4.47. The van der Waals surface area contributed by atoms with Crippen molar-refractivity contribution in [2.45, 2.75) is 102 Å². The van der Waals surface area contributed by atoms with Crippen molar-refractivity contribution in [2.75, 3.05) is 13.2 Å². The first kappa shape index (κ1) is 25.3. The zero-order valence-corrected chi connectivity index (χ0v) is 16.1. The molecule has 0 saturated carbocycles. The van der Waals surface area contributed by atoms with E-state index in [9.17, 15) is 25.2 Å². The minimum Gasteiger partial charge on any atom is -0.463 e. The molecule has 0 aromatic rings. The first-order valence-corrected chi connectivity index (χ1v) is 9.92. The van der Waals surface area contributed by atoms with Crippen LogP contribution in [0.5, 0.6) is 0 Å². The van der Waals surface area contributed by atoms with Gasteiger partial charge in [-0.1, -0.05) is 64.7 Å². The van der Waals surface area contributed by atoms with E-state index in [0.29, 0.717) is 0 Å². The summed E-state index contributed by atoms with van der Waals surface area (Å²) in [5, 5.41) is 46.6. The third-order valence-electron chi connectivity index (χ3n) is 4.47. The molecule has 0 aromatic heterocycles. The summed E-state index contributed by atoms with van der Waals surface area (Å²) in [6.45, 7) is 0.995. The van der Waals surface area contributed by atoms with Crippen LogP contribution in [0.25, 0.3) is 0 Å². The van der Waals surface area contributed by atoms with Gasteiger partial charge in [-0.15, -0.1) is 0 Å². The summed E-state index contributed by atoms with van der Waals surface area (Å²) in [4.78, 5) is 11.6. The summed E-state index contributed by atoms with van der Waals surface area (Å²) >= 11 is 0. The van der Waals surface area contributed by atoms with Gasteiger partial charge in [-0.3, -0.25) is 4.79 Å². The molecule has 0 fully saturated rings. The number of esters is 1. The number of hydrogen-bond donors (Lipinski definition) is 5. The van der Waals surface area contributed by atoms with Gasteiger partial charge in [0.2, 0.25) is 0 Å². The lowest BCUT2D eigenvalue weighted by Gasteiger charge is -2.25. The molecule has 0 amide bonds. The summed E-state index contributed by atoms with van der Waals surface area (Å²) in [5.74, 6) is -0.465. The van der Waals surface area contributed by atoms with E-state index in [0.717, 1.165) is 19.3 Å². The van der Waals surface area contributed by atoms with Crippen molar-refractivity contribution >= 4 is 5.97 Å². The Hall–Kier alpha value is -0.730. The van der Waals surface area contributed by atoms with Crippen LogP contribution in [0.1, 0.15) is 77.6 Å². The first-order valence-electron chi connectivity index (χ1n) is 9.92. The second kappa shape index (κ2) is 16.4. The number of aliphatic hydroxyl groups excluding tert-OH is 5. The highest BCUT2D eigenvalue weighted by molar-refractivity contribution is 5.69. The van der Waals surface area contributed by atoms with Gasteiger partial charge in [0.1, 0.15) is 31.0 Å². The minimum atomic E-state index is -1.71. The van der Waals surface area contributed by atoms with Crippen molar-refractivity contribution in [2.24, 2.45) is 0 Å². The van der Waals surface area contributed by atoms with E-state index in [1.807, 2.05) is 0 Å². The van der Waals surface area contributed by atoms with Crippen molar-refractivity contribution in [3.8, 4) is 0 Å². The van der Waals surface area contributed by atoms with E-state index >= 15 is 0 Å². The maximum Gasteiger partial charge on any atom is 0.305 e. The molecule has 0 radical (unpaired) electrons. The summed E-state index contributed by atoms with van der Waals surface area (Å²) in [7, 11) is 0. The number of unbranched alkanes of at least 4 members (excludes halogenated alkanes) is 9. The highest BCUT2D eigenvalue weighted by Crippen LogP contribution is 2.12. The fourth-order valence-corrected chi connectivity index (χ4v) is 2.67. The number of aliphatic hydroxyl groups is 5. The predicted molar refractivity (Wildman–Crippen MR) is 98.5 cm³/mol. The van der Waals surface area contributed by atoms with Gasteiger partial charge in [-0.2, -0.15) is 0 Å². The largest absolute Gasteiger partial charge is 0.463 e. The van der Waals surface area contributed by atoms with Gasteiger partial charge >= 0.3 is 5.97 Å². The normalized spacial score (nSPS) is 16.1. The summed E-state index contributed by atoms with van der Waals surface area (Å²) < 4.78 is 4.87. The molecule has 0 heterocycles. The number of hydrogen-bond acceptors (Lipinski definition) is 7. The first-order chi connectivity index (χ1) is 12.4. The van der Waals surface area contributed by atoms with Crippen LogP contribution in [0.3, 0.4) is 0 Å². The Bertz CT molecular complexity index is 338. The number of carbonyl (C=O) groups is 1. The molecule has 156 valence electrons. The van der Waals surface area contributed by atoms with Crippen LogP contribution in [0.4, 0.5) is 0 Å². The highest BCUT2D eigenvalue weighted by Gasteiger charge is 2.30. The van der Waals surface area contributed by atoms with Gasteiger partial charge in [0.15, 0.2) is 0 Å². The van der Waals surface area contributed by atoms with Crippen LogP contribution in [0.2, 0.25) is 0 Å². The molecular weight excluding hydrogens is 340 g/mol. The fourth-order valence-electron chi connectivity index (χ4n) is 2.67. The molecule has 0 aliphatic rings. The van der Waals surface area contributed by atoms with Gasteiger partial charge < -0.3 is 30.3 Å². The lowest BCUT2D eigenvalue weighted by Crippen LogP contribution is -2.47. The molecule has 0 spiro atoms. The van der Waals surface area contributed by atoms with Crippen LogP contribution in [0, 0.1) is 0 Å². The molecule has 0 aliphatic heterocycles. The van der Waals surface area contributed by atoms with Crippen LogP contribution >= 0.6 is 0 Å². The van der Waals surface area contributed by atoms with Crippen molar-refractivity contribution in [3.63, 3.8) is 0 Å². The summed E-state index contributed by atoms with van der Waals surface area (Å²) in [6, 6.07) is 0. The molecule has 0 unspecified atom stereocenters. The summed E-state index contributed by atoms with van der Waals surface area (Å²) in [6.07, 6.45) is 5.40. The number of ether oxygens (including phenoxy) is 1. The molecule has 0 bridgehead atoms. The Morgan fingerprint density at radius 2 is 1.23 bits per heavy atom. The Morgan fingerprint density at radius 3 is 1.73 bits per heavy atom. The maximum absolute atomic E-state index is 11.6. The van der Waals surface area contributed by atoms with Gasteiger partial charge in [0.05, 0.1) is 6.61 Å². The van der Waals surface area contributed by atoms with E-state index < -0.39 is 43.6 Å². The van der Waals surface area contributed by atoms with Gasteiger partial charge in [0, 0.05) is 6.42 Å². The molecule has 0 aromatic carbocycles. The molecule has 0 saturated heterocycles. The van der Waals surface area contributed by atoms with Crippen LogP contribution < -0.4 is 0 Å². The molecule has 26 heavy (non-hydrogen) atoms. The minimum absolute atomic E-state index is 0.251. The van der Waals surface area contributed by atoms with Crippen molar-refractivity contribution in [1.82, 2.24) is 0 Å². The van der Waals surface area contributed by atoms with Crippen LogP contribution in [-0.2, 0) is 9.53 Å².